The molecule has 3 aromatic rings. The molecule has 4 rings (SSSR count). The number of hydrogen-bond acceptors (Lipinski definition) is 3. The zero-order valence-corrected chi connectivity index (χ0v) is 17.4. The monoisotopic (exact) mass is 412 g/mol. The second-order valence-corrected chi connectivity index (χ2v) is 7.78. The lowest BCUT2D eigenvalue weighted by Gasteiger charge is -2.14. The fraction of sp³-hybridized carbons (Fsp3) is 0.192. The van der Waals surface area contributed by atoms with Gasteiger partial charge in [0, 0.05) is 18.7 Å². The third kappa shape index (κ3) is 4.56. The van der Waals surface area contributed by atoms with E-state index in [1.807, 2.05) is 55.5 Å². The quantitative estimate of drug-likeness (QED) is 0.577. The van der Waals surface area contributed by atoms with Crippen LogP contribution in [0.15, 0.2) is 72.8 Å². The first kappa shape index (κ1) is 20.5. The highest BCUT2D eigenvalue weighted by Crippen LogP contribution is 2.24. The topological polar surface area (TPSA) is 66.5 Å². The molecule has 0 saturated carbocycles. The number of benzene rings is 3. The van der Waals surface area contributed by atoms with E-state index in [0.717, 1.165) is 23.2 Å². The summed E-state index contributed by atoms with van der Waals surface area (Å²) in [5.74, 6) is -0.695. The zero-order valence-electron chi connectivity index (χ0n) is 17.4. The van der Waals surface area contributed by atoms with Crippen LogP contribution in [0.1, 0.15) is 50.2 Å². The molecular formula is C26H24N2O3. The van der Waals surface area contributed by atoms with Gasteiger partial charge in [0.1, 0.15) is 0 Å². The van der Waals surface area contributed by atoms with Crippen molar-refractivity contribution in [3.05, 3.63) is 101 Å². The number of anilines is 1. The second-order valence-electron chi connectivity index (χ2n) is 7.78. The van der Waals surface area contributed by atoms with Crippen molar-refractivity contribution in [2.75, 3.05) is 11.9 Å². The summed E-state index contributed by atoms with van der Waals surface area (Å²) in [5, 5.41) is 2.98. The molecule has 1 aliphatic heterocycles. The maximum Gasteiger partial charge on any atom is 0.261 e. The Bertz CT molecular complexity index is 1140. The Hall–Kier alpha value is -3.73. The van der Waals surface area contributed by atoms with Gasteiger partial charge < -0.3 is 5.32 Å². The van der Waals surface area contributed by atoms with Crippen LogP contribution < -0.4 is 5.32 Å². The number of aryl methyl sites for hydroxylation is 1. The van der Waals surface area contributed by atoms with Crippen molar-refractivity contribution < 1.29 is 14.4 Å². The Kier molecular flexibility index (Phi) is 5.94. The summed E-state index contributed by atoms with van der Waals surface area (Å²) < 4.78 is 0. The molecule has 1 aliphatic rings. The molecule has 0 unspecified atom stereocenters. The van der Waals surface area contributed by atoms with Gasteiger partial charge in [-0.1, -0.05) is 60.2 Å². The number of hydrogen-bond donors (Lipinski definition) is 1. The van der Waals surface area contributed by atoms with Crippen LogP contribution in [0.25, 0.3) is 0 Å². The molecule has 1 N–H and O–H groups in total. The minimum absolute atomic E-state index is 0.132. The van der Waals surface area contributed by atoms with Crippen molar-refractivity contribution in [2.24, 2.45) is 0 Å². The van der Waals surface area contributed by atoms with Gasteiger partial charge in [-0.15, -0.1) is 0 Å². The highest BCUT2D eigenvalue weighted by atomic mass is 16.2. The van der Waals surface area contributed by atoms with Crippen LogP contribution in [0.3, 0.4) is 0 Å². The normalized spacial score (nSPS) is 12.7. The van der Waals surface area contributed by atoms with E-state index < -0.39 is 0 Å². The van der Waals surface area contributed by atoms with E-state index in [1.165, 1.54) is 10.5 Å². The number of imide groups is 1. The van der Waals surface area contributed by atoms with E-state index in [0.29, 0.717) is 17.5 Å². The van der Waals surface area contributed by atoms with Gasteiger partial charge in [-0.3, -0.25) is 19.3 Å². The van der Waals surface area contributed by atoms with E-state index in [9.17, 15) is 14.4 Å². The van der Waals surface area contributed by atoms with Crippen molar-refractivity contribution in [1.82, 2.24) is 4.90 Å². The van der Waals surface area contributed by atoms with E-state index >= 15 is 0 Å². The predicted molar refractivity (Wildman–Crippen MR) is 120 cm³/mol. The van der Waals surface area contributed by atoms with E-state index in [2.05, 4.69) is 17.4 Å². The molecule has 0 radical (unpaired) electrons. The molecule has 0 bridgehead atoms. The Balaban J connectivity index is 1.34. The molecule has 0 saturated heterocycles. The summed E-state index contributed by atoms with van der Waals surface area (Å²) in [5.41, 5.74) is 4.82. The smallest absolute Gasteiger partial charge is 0.261 e. The number of amides is 3. The molecule has 5 heteroatoms. The molecule has 1 heterocycles. The van der Waals surface area contributed by atoms with Crippen LogP contribution in [0, 0.1) is 6.92 Å². The van der Waals surface area contributed by atoms with Gasteiger partial charge >= 0.3 is 0 Å². The molecule has 0 spiro atoms. The molecule has 156 valence electrons. The largest absolute Gasteiger partial charge is 0.326 e. The minimum atomic E-state index is -0.284. The summed E-state index contributed by atoms with van der Waals surface area (Å²) in [6, 6.07) is 23.1. The standard InChI is InChI=1S/C26H24N2O3/c1-18-13-14-21-22(16-18)26(31)28(25(21)30)15-7-12-24(29)27-23-11-6-5-10-20(23)17-19-8-3-2-4-9-19/h2-6,8-11,13-14,16H,7,12,15,17H2,1H3,(H,27,29). The maximum atomic E-state index is 12.5. The van der Waals surface area contributed by atoms with Gasteiger partial charge in [-0.05, 0) is 49.1 Å². The van der Waals surface area contributed by atoms with Gasteiger partial charge in [0.2, 0.25) is 5.91 Å². The third-order valence-corrected chi connectivity index (χ3v) is 5.44. The molecule has 0 aliphatic carbocycles. The van der Waals surface area contributed by atoms with Crippen LogP contribution in [0.5, 0.6) is 0 Å². The second kappa shape index (κ2) is 8.96. The molecule has 0 aromatic heterocycles. The van der Waals surface area contributed by atoms with Gasteiger partial charge in [0.25, 0.3) is 11.8 Å². The summed E-state index contributed by atoms with van der Waals surface area (Å²) in [4.78, 5) is 38.8. The fourth-order valence-electron chi connectivity index (χ4n) is 3.83. The first-order valence-corrected chi connectivity index (χ1v) is 10.4. The fourth-order valence-corrected chi connectivity index (χ4v) is 3.83. The number of carbonyl (C=O) groups excluding carboxylic acids is 3. The SMILES string of the molecule is Cc1ccc2c(c1)C(=O)N(CCCC(=O)Nc1ccccc1Cc1ccccc1)C2=O. The molecule has 3 amide bonds. The van der Waals surface area contributed by atoms with Crippen LogP contribution >= 0.6 is 0 Å². The molecule has 3 aromatic carbocycles. The number of fused-ring (bicyclic) bond motifs is 1. The summed E-state index contributed by atoms with van der Waals surface area (Å²) >= 11 is 0. The van der Waals surface area contributed by atoms with Crippen molar-refractivity contribution in [3.63, 3.8) is 0 Å². The summed E-state index contributed by atoms with van der Waals surface area (Å²) in [6.07, 6.45) is 1.37. The van der Waals surface area contributed by atoms with Crippen molar-refractivity contribution in [1.29, 1.82) is 0 Å². The average Bonchev–Trinajstić information content (AvgIpc) is 3.00. The molecule has 0 fully saturated rings. The Morgan fingerprint density at radius 1 is 0.871 bits per heavy atom. The number of nitrogens with zero attached hydrogens (tertiary/aromatic N) is 1. The van der Waals surface area contributed by atoms with Crippen LogP contribution in [-0.2, 0) is 11.2 Å². The van der Waals surface area contributed by atoms with Crippen LogP contribution in [0.4, 0.5) is 5.69 Å². The average molecular weight is 412 g/mol. The number of rotatable bonds is 7. The number of para-hydroxylation sites is 1. The molecular weight excluding hydrogens is 388 g/mol. The molecule has 0 atom stereocenters. The first-order chi connectivity index (χ1) is 15.0. The van der Waals surface area contributed by atoms with Gasteiger partial charge in [0.15, 0.2) is 0 Å². The highest BCUT2D eigenvalue weighted by Gasteiger charge is 2.34. The van der Waals surface area contributed by atoms with E-state index in [1.54, 1.807) is 12.1 Å². The highest BCUT2D eigenvalue weighted by molar-refractivity contribution is 6.21. The van der Waals surface area contributed by atoms with Crippen LogP contribution in [-0.4, -0.2) is 29.2 Å². The molecule has 5 nitrogen and oxygen atoms in total. The van der Waals surface area contributed by atoms with E-state index in [-0.39, 0.29) is 30.7 Å². The van der Waals surface area contributed by atoms with Crippen LogP contribution in [0.2, 0.25) is 0 Å². The van der Waals surface area contributed by atoms with Crippen molar-refractivity contribution in [3.8, 4) is 0 Å². The minimum Gasteiger partial charge on any atom is -0.326 e. The Labute approximate surface area is 181 Å². The predicted octanol–water partition coefficient (Wildman–Crippen LogP) is 4.60. The van der Waals surface area contributed by atoms with Crippen molar-refractivity contribution >= 4 is 23.4 Å². The summed E-state index contributed by atoms with van der Waals surface area (Å²) in [6.45, 7) is 2.12. The Morgan fingerprint density at radius 3 is 2.39 bits per heavy atom. The molecule has 31 heavy (non-hydrogen) atoms. The number of carbonyl (C=O) groups is 3. The van der Waals surface area contributed by atoms with Gasteiger partial charge in [-0.2, -0.15) is 0 Å². The lowest BCUT2D eigenvalue weighted by molar-refractivity contribution is -0.116. The first-order valence-electron chi connectivity index (χ1n) is 10.4. The third-order valence-electron chi connectivity index (χ3n) is 5.44. The lowest BCUT2D eigenvalue weighted by Crippen LogP contribution is -2.31. The van der Waals surface area contributed by atoms with Crippen molar-refractivity contribution in [2.45, 2.75) is 26.2 Å². The van der Waals surface area contributed by atoms with Gasteiger partial charge in [0.05, 0.1) is 11.1 Å². The van der Waals surface area contributed by atoms with Gasteiger partial charge in [-0.25, -0.2) is 0 Å². The Morgan fingerprint density at radius 2 is 1.58 bits per heavy atom. The van der Waals surface area contributed by atoms with E-state index in [4.69, 9.17) is 0 Å². The zero-order chi connectivity index (χ0) is 21.8. The summed E-state index contributed by atoms with van der Waals surface area (Å²) in [7, 11) is 0. The maximum absolute atomic E-state index is 12.5. The lowest BCUT2D eigenvalue weighted by atomic mass is 10.0. The number of nitrogens with one attached hydrogen (secondary N) is 1.